The van der Waals surface area contributed by atoms with Crippen molar-refractivity contribution in [2.45, 2.75) is 26.9 Å². The zero-order chi connectivity index (χ0) is 20.9. The highest BCUT2D eigenvalue weighted by Gasteiger charge is 2.35. The Hall–Kier alpha value is -2.86. The molecule has 0 atom stereocenters. The number of alkyl halides is 3. The van der Waals surface area contributed by atoms with Crippen LogP contribution in [0.2, 0.25) is 5.02 Å². The fourth-order valence-electron chi connectivity index (χ4n) is 3.28. The summed E-state index contributed by atoms with van der Waals surface area (Å²) in [4.78, 5) is 4.56. The van der Waals surface area contributed by atoms with Gasteiger partial charge in [-0.3, -0.25) is 0 Å². The molecule has 0 saturated carbocycles. The van der Waals surface area contributed by atoms with Crippen LogP contribution < -0.4 is 0 Å². The molecule has 0 spiro atoms. The molecule has 7 heteroatoms. The van der Waals surface area contributed by atoms with E-state index < -0.39 is 11.7 Å². The Bertz CT molecular complexity index is 1230. The van der Waals surface area contributed by atoms with E-state index in [1.807, 2.05) is 26.0 Å². The first-order chi connectivity index (χ1) is 13.6. The zero-order valence-electron chi connectivity index (χ0n) is 16.0. The van der Waals surface area contributed by atoms with E-state index >= 15 is 0 Å². The number of aromatic nitrogens is 3. The third-order valence-corrected chi connectivity index (χ3v) is 5.27. The van der Waals surface area contributed by atoms with E-state index in [2.05, 4.69) is 10.1 Å². The Balaban J connectivity index is 2.05. The Kier molecular flexibility index (Phi) is 4.62. The number of pyridine rings is 1. The maximum Gasteiger partial charge on any atom is 0.417 e. The van der Waals surface area contributed by atoms with Crippen LogP contribution in [0.25, 0.3) is 28.0 Å². The molecule has 0 bridgehead atoms. The minimum Gasteiger partial charge on any atom is -0.228 e. The number of benzene rings is 2. The van der Waals surface area contributed by atoms with E-state index in [9.17, 15) is 13.2 Å². The predicted octanol–water partition coefficient (Wildman–Crippen LogP) is 6.68. The fraction of sp³-hybridized carbons (Fsp3) is 0.182. The maximum atomic E-state index is 13.9. The van der Waals surface area contributed by atoms with Crippen molar-refractivity contribution in [3.05, 3.63) is 75.9 Å². The molecule has 4 aromatic rings. The molecule has 0 fully saturated rings. The molecule has 2 aromatic heterocycles. The maximum absolute atomic E-state index is 13.9. The van der Waals surface area contributed by atoms with Gasteiger partial charge in [-0.15, -0.1) is 0 Å². The number of nitrogens with zero attached hydrogens (tertiary/aromatic N) is 3. The van der Waals surface area contributed by atoms with E-state index in [1.54, 1.807) is 37.3 Å². The van der Waals surface area contributed by atoms with Gasteiger partial charge < -0.3 is 0 Å². The summed E-state index contributed by atoms with van der Waals surface area (Å²) in [6.07, 6.45) is -4.54. The molecule has 0 aliphatic rings. The Morgan fingerprint density at radius 1 is 0.931 bits per heavy atom. The van der Waals surface area contributed by atoms with Crippen LogP contribution in [0.15, 0.2) is 48.5 Å². The number of fused-ring (bicyclic) bond motifs is 1. The second-order valence-electron chi connectivity index (χ2n) is 7.05. The first kappa shape index (κ1) is 19.5. The van der Waals surface area contributed by atoms with Crippen molar-refractivity contribution in [2.24, 2.45) is 0 Å². The highest BCUT2D eigenvalue weighted by Crippen LogP contribution is 2.38. The minimum absolute atomic E-state index is 0.00920. The van der Waals surface area contributed by atoms with Gasteiger partial charge in [-0.2, -0.15) is 18.3 Å². The van der Waals surface area contributed by atoms with Gasteiger partial charge in [0, 0.05) is 10.6 Å². The quantitative estimate of drug-likeness (QED) is 0.365. The van der Waals surface area contributed by atoms with Crippen molar-refractivity contribution in [3.8, 4) is 16.9 Å². The van der Waals surface area contributed by atoms with Gasteiger partial charge in [0.1, 0.15) is 0 Å². The molecule has 148 valence electrons. The summed E-state index contributed by atoms with van der Waals surface area (Å²) < 4.78 is 43.1. The van der Waals surface area contributed by atoms with Gasteiger partial charge in [-0.25, -0.2) is 9.67 Å². The first-order valence-electron chi connectivity index (χ1n) is 8.96. The average Bonchev–Trinajstić information content (AvgIpc) is 3.00. The van der Waals surface area contributed by atoms with E-state index in [1.165, 1.54) is 4.68 Å². The topological polar surface area (TPSA) is 30.7 Å². The summed E-state index contributed by atoms with van der Waals surface area (Å²) in [5, 5.41) is 4.85. The van der Waals surface area contributed by atoms with E-state index in [4.69, 9.17) is 11.6 Å². The molecule has 4 rings (SSSR count). The van der Waals surface area contributed by atoms with Crippen LogP contribution in [0.5, 0.6) is 0 Å². The Morgan fingerprint density at radius 2 is 1.62 bits per heavy atom. The van der Waals surface area contributed by atoms with Crippen molar-refractivity contribution in [1.82, 2.24) is 14.8 Å². The van der Waals surface area contributed by atoms with Crippen molar-refractivity contribution in [1.29, 1.82) is 0 Å². The highest BCUT2D eigenvalue weighted by atomic mass is 35.5. The van der Waals surface area contributed by atoms with Gasteiger partial charge in [0.15, 0.2) is 5.65 Å². The Labute approximate surface area is 170 Å². The summed E-state index contributed by atoms with van der Waals surface area (Å²) in [5.74, 6) is 0. The molecule has 0 N–H and O–H groups in total. The minimum atomic E-state index is -4.54. The molecular weight excluding hydrogens is 399 g/mol. The van der Waals surface area contributed by atoms with Gasteiger partial charge in [0.25, 0.3) is 0 Å². The molecule has 0 aliphatic carbocycles. The number of aryl methyl sites for hydroxylation is 3. The normalized spacial score (nSPS) is 12.0. The third kappa shape index (κ3) is 3.49. The lowest BCUT2D eigenvalue weighted by molar-refractivity contribution is -0.136. The van der Waals surface area contributed by atoms with Gasteiger partial charge >= 0.3 is 6.18 Å². The van der Waals surface area contributed by atoms with Crippen LogP contribution in [-0.4, -0.2) is 14.8 Å². The number of hydrogen-bond acceptors (Lipinski definition) is 2. The number of halogens is 4. The van der Waals surface area contributed by atoms with Gasteiger partial charge in [0.05, 0.1) is 28.0 Å². The smallest absolute Gasteiger partial charge is 0.228 e. The largest absolute Gasteiger partial charge is 0.417 e. The molecule has 0 saturated heterocycles. The highest BCUT2D eigenvalue weighted by molar-refractivity contribution is 6.31. The third-order valence-electron chi connectivity index (χ3n) is 4.87. The fourth-order valence-corrected chi connectivity index (χ4v) is 3.45. The average molecular weight is 416 g/mol. The summed E-state index contributed by atoms with van der Waals surface area (Å²) in [7, 11) is 0. The SMILES string of the molecule is Cc1ccc(-c2cc(C(F)(F)F)c3c(C)nn(-c4ccc(C)c(Cl)c4)c3n2)cc1. The molecule has 0 radical (unpaired) electrons. The van der Waals surface area contributed by atoms with Crippen LogP contribution in [0.3, 0.4) is 0 Å². The van der Waals surface area contributed by atoms with Crippen LogP contribution in [0.4, 0.5) is 13.2 Å². The van der Waals surface area contributed by atoms with Gasteiger partial charge in [-0.05, 0) is 44.5 Å². The first-order valence-corrected chi connectivity index (χ1v) is 9.34. The van der Waals surface area contributed by atoms with Gasteiger partial charge in [-0.1, -0.05) is 47.5 Å². The Morgan fingerprint density at radius 3 is 2.24 bits per heavy atom. The van der Waals surface area contributed by atoms with E-state index in [0.29, 0.717) is 16.3 Å². The van der Waals surface area contributed by atoms with Crippen LogP contribution >= 0.6 is 11.6 Å². The lowest BCUT2D eigenvalue weighted by Crippen LogP contribution is -2.08. The molecular formula is C22H17ClF3N3. The van der Waals surface area contributed by atoms with E-state index in [-0.39, 0.29) is 22.4 Å². The van der Waals surface area contributed by atoms with Crippen molar-refractivity contribution >= 4 is 22.6 Å². The van der Waals surface area contributed by atoms with E-state index in [0.717, 1.165) is 17.2 Å². The molecule has 0 amide bonds. The van der Waals surface area contributed by atoms with Crippen LogP contribution in [0.1, 0.15) is 22.4 Å². The molecule has 0 aliphatic heterocycles. The summed E-state index contributed by atoms with van der Waals surface area (Å²) in [5.41, 5.74) is 2.94. The molecule has 0 unspecified atom stereocenters. The zero-order valence-corrected chi connectivity index (χ0v) is 16.7. The van der Waals surface area contributed by atoms with Crippen LogP contribution in [-0.2, 0) is 6.18 Å². The molecule has 2 aromatic carbocycles. The lowest BCUT2D eigenvalue weighted by Gasteiger charge is -2.12. The summed E-state index contributed by atoms with van der Waals surface area (Å²) in [6, 6.07) is 13.5. The lowest BCUT2D eigenvalue weighted by atomic mass is 10.0. The standard InChI is InChI=1S/C22H17ClF3N3/c1-12-4-7-15(8-5-12)19-11-17(22(24,25)26)20-14(3)28-29(21(20)27-19)16-9-6-13(2)18(23)10-16/h4-11H,1-3H3. The van der Waals surface area contributed by atoms with Crippen molar-refractivity contribution in [3.63, 3.8) is 0 Å². The summed E-state index contributed by atoms with van der Waals surface area (Å²) >= 11 is 6.23. The predicted molar refractivity (Wildman–Crippen MR) is 109 cm³/mol. The van der Waals surface area contributed by atoms with Crippen LogP contribution in [0, 0.1) is 20.8 Å². The molecule has 3 nitrogen and oxygen atoms in total. The second kappa shape index (κ2) is 6.88. The molecule has 2 heterocycles. The number of hydrogen-bond donors (Lipinski definition) is 0. The van der Waals surface area contributed by atoms with Gasteiger partial charge in [0.2, 0.25) is 0 Å². The molecule has 29 heavy (non-hydrogen) atoms. The van der Waals surface area contributed by atoms with Crippen molar-refractivity contribution in [2.75, 3.05) is 0 Å². The monoisotopic (exact) mass is 415 g/mol. The second-order valence-corrected chi connectivity index (χ2v) is 7.46. The van der Waals surface area contributed by atoms with Crippen molar-refractivity contribution < 1.29 is 13.2 Å². The number of rotatable bonds is 2. The summed E-state index contributed by atoms with van der Waals surface area (Å²) in [6.45, 7) is 5.33.